The maximum absolute atomic E-state index is 12.3. The lowest BCUT2D eigenvalue weighted by Crippen LogP contribution is -2.41. The molecule has 0 saturated carbocycles. The molecule has 4 heteroatoms. The number of phenols is 1. The first-order valence-corrected chi connectivity index (χ1v) is 6.90. The van der Waals surface area contributed by atoms with Crippen molar-refractivity contribution in [3.8, 4) is 5.75 Å². The van der Waals surface area contributed by atoms with Crippen molar-refractivity contribution in [2.75, 3.05) is 26.7 Å². The molecule has 4 nitrogen and oxygen atoms in total. The van der Waals surface area contributed by atoms with Crippen LogP contribution in [0.1, 0.15) is 30.1 Å². The zero-order valence-electron chi connectivity index (χ0n) is 11.7. The molecule has 1 saturated heterocycles. The minimum atomic E-state index is -0.0288. The average molecular weight is 262 g/mol. The van der Waals surface area contributed by atoms with Gasteiger partial charge in [0.25, 0.3) is 5.91 Å². The van der Waals surface area contributed by atoms with Gasteiger partial charge in [0.15, 0.2) is 0 Å². The number of aromatic hydroxyl groups is 1. The second kappa shape index (κ2) is 6.06. The summed E-state index contributed by atoms with van der Waals surface area (Å²) in [5.41, 5.74) is 0.545. The van der Waals surface area contributed by atoms with Crippen LogP contribution in [0.25, 0.3) is 0 Å². The number of nitrogens with zero attached hydrogens (tertiary/aromatic N) is 2. The van der Waals surface area contributed by atoms with Crippen LogP contribution in [-0.2, 0) is 0 Å². The van der Waals surface area contributed by atoms with Gasteiger partial charge in [0.1, 0.15) is 5.75 Å². The predicted molar refractivity (Wildman–Crippen MR) is 75.3 cm³/mol. The smallest absolute Gasteiger partial charge is 0.253 e. The average Bonchev–Trinajstić information content (AvgIpc) is 2.85. The van der Waals surface area contributed by atoms with Crippen molar-refractivity contribution in [2.24, 2.45) is 0 Å². The second-order valence-electron chi connectivity index (χ2n) is 5.16. The summed E-state index contributed by atoms with van der Waals surface area (Å²) in [6.45, 7) is 5.09. The molecular formula is C15H22N2O2. The van der Waals surface area contributed by atoms with Gasteiger partial charge in [-0.05, 0) is 44.1 Å². The number of likely N-dealkylation sites (tertiary alicyclic amines) is 1. The van der Waals surface area contributed by atoms with Crippen molar-refractivity contribution in [3.63, 3.8) is 0 Å². The van der Waals surface area contributed by atoms with E-state index in [1.807, 2.05) is 7.05 Å². The number of carbonyl (C=O) groups excluding carboxylic acids is 1. The van der Waals surface area contributed by atoms with E-state index in [-0.39, 0.29) is 11.7 Å². The summed E-state index contributed by atoms with van der Waals surface area (Å²) in [5, 5.41) is 9.43. The molecule has 19 heavy (non-hydrogen) atoms. The standard InChI is InChI=1S/C15H22N2O2/c1-3-17-9-5-7-13(17)11-16(2)15(19)12-6-4-8-14(18)10-12/h4,6,8,10,13,18H,3,5,7,9,11H2,1-2H3. The van der Waals surface area contributed by atoms with Crippen LogP contribution in [0.4, 0.5) is 0 Å². The van der Waals surface area contributed by atoms with E-state index in [2.05, 4.69) is 11.8 Å². The third kappa shape index (κ3) is 3.26. The molecule has 104 valence electrons. The number of carbonyl (C=O) groups is 1. The van der Waals surface area contributed by atoms with Gasteiger partial charge in [-0.15, -0.1) is 0 Å². The Kier molecular flexibility index (Phi) is 4.43. The first-order valence-electron chi connectivity index (χ1n) is 6.90. The predicted octanol–water partition coefficient (Wildman–Crippen LogP) is 1.95. The van der Waals surface area contributed by atoms with E-state index in [1.165, 1.54) is 12.5 Å². The Balaban J connectivity index is 1.99. The van der Waals surface area contributed by atoms with E-state index in [1.54, 1.807) is 23.1 Å². The molecule has 2 rings (SSSR count). The molecule has 0 aromatic heterocycles. The fraction of sp³-hybridized carbons (Fsp3) is 0.533. The highest BCUT2D eigenvalue weighted by molar-refractivity contribution is 5.94. The molecule has 1 atom stereocenters. The Morgan fingerprint density at radius 2 is 2.32 bits per heavy atom. The van der Waals surface area contributed by atoms with Crippen LogP contribution in [0.5, 0.6) is 5.75 Å². The number of phenolic OH excluding ortho intramolecular Hbond substituents is 1. The van der Waals surface area contributed by atoms with Gasteiger partial charge in [0.2, 0.25) is 0 Å². The number of hydrogen-bond donors (Lipinski definition) is 1. The lowest BCUT2D eigenvalue weighted by atomic mass is 10.1. The number of rotatable bonds is 4. The third-order valence-electron chi connectivity index (χ3n) is 3.83. The van der Waals surface area contributed by atoms with Gasteiger partial charge in [0.05, 0.1) is 0 Å². The number of likely N-dealkylation sites (N-methyl/N-ethyl adjacent to an activating group) is 2. The molecule has 1 amide bonds. The topological polar surface area (TPSA) is 43.8 Å². The first-order chi connectivity index (χ1) is 9.11. The molecule has 0 bridgehead atoms. The van der Waals surface area contributed by atoms with E-state index in [4.69, 9.17) is 0 Å². The molecule has 0 spiro atoms. The largest absolute Gasteiger partial charge is 0.508 e. The van der Waals surface area contributed by atoms with Crippen molar-refractivity contribution in [1.82, 2.24) is 9.80 Å². The van der Waals surface area contributed by atoms with E-state index in [9.17, 15) is 9.90 Å². The minimum Gasteiger partial charge on any atom is -0.508 e. The third-order valence-corrected chi connectivity index (χ3v) is 3.83. The van der Waals surface area contributed by atoms with Gasteiger partial charge in [0, 0.05) is 25.2 Å². The van der Waals surface area contributed by atoms with Gasteiger partial charge in [-0.25, -0.2) is 0 Å². The van der Waals surface area contributed by atoms with Crippen LogP contribution in [-0.4, -0.2) is 53.5 Å². The number of amides is 1. The zero-order valence-corrected chi connectivity index (χ0v) is 11.7. The zero-order chi connectivity index (χ0) is 13.8. The lowest BCUT2D eigenvalue weighted by molar-refractivity contribution is 0.0754. The Labute approximate surface area is 114 Å². The highest BCUT2D eigenvalue weighted by Crippen LogP contribution is 2.18. The molecule has 1 aliphatic heterocycles. The first kappa shape index (κ1) is 13.9. The summed E-state index contributed by atoms with van der Waals surface area (Å²) in [6, 6.07) is 7.00. The van der Waals surface area contributed by atoms with E-state index >= 15 is 0 Å². The summed E-state index contributed by atoms with van der Waals surface area (Å²) in [4.78, 5) is 16.5. The van der Waals surface area contributed by atoms with E-state index < -0.39 is 0 Å². The fourth-order valence-corrected chi connectivity index (χ4v) is 2.78. The quantitative estimate of drug-likeness (QED) is 0.902. The maximum atomic E-state index is 12.3. The monoisotopic (exact) mass is 262 g/mol. The van der Waals surface area contributed by atoms with E-state index in [0.29, 0.717) is 11.6 Å². The molecule has 0 radical (unpaired) electrons. The normalized spacial score (nSPS) is 19.6. The molecule has 1 aromatic carbocycles. The van der Waals surface area contributed by atoms with Crippen LogP contribution in [0.15, 0.2) is 24.3 Å². The summed E-state index contributed by atoms with van der Waals surface area (Å²) in [7, 11) is 1.83. The highest BCUT2D eigenvalue weighted by Gasteiger charge is 2.25. The fourth-order valence-electron chi connectivity index (χ4n) is 2.78. The number of benzene rings is 1. The highest BCUT2D eigenvalue weighted by atomic mass is 16.3. The van der Waals surface area contributed by atoms with Crippen molar-refractivity contribution < 1.29 is 9.90 Å². The number of hydrogen-bond acceptors (Lipinski definition) is 3. The molecular weight excluding hydrogens is 240 g/mol. The summed E-state index contributed by atoms with van der Waals surface area (Å²) < 4.78 is 0. The second-order valence-corrected chi connectivity index (χ2v) is 5.16. The van der Waals surface area contributed by atoms with E-state index in [0.717, 1.165) is 26.1 Å². The SMILES string of the molecule is CCN1CCCC1CN(C)C(=O)c1cccc(O)c1. The molecule has 1 unspecified atom stereocenters. The van der Waals surface area contributed by atoms with Crippen LogP contribution < -0.4 is 0 Å². The molecule has 1 heterocycles. The Hall–Kier alpha value is -1.55. The van der Waals surface area contributed by atoms with Crippen LogP contribution in [0, 0.1) is 0 Å². The molecule has 1 N–H and O–H groups in total. The lowest BCUT2D eigenvalue weighted by Gasteiger charge is -2.27. The van der Waals surface area contributed by atoms with Crippen LogP contribution in [0.2, 0.25) is 0 Å². The minimum absolute atomic E-state index is 0.0288. The molecule has 0 aliphatic carbocycles. The summed E-state index contributed by atoms with van der Waals surface area (Å²) in [6.07, 6.45) is 2.37. The molecule has 1 fully saturated rings. The summed E-state index contributed by atoms with van der Waals surface area (Å²) in [5.74, 6) is 0.106. The van der Waals surface area contributed by atoms with Crippen molar-refractivity contribution in [3.05, 3.63) is 29.8 Å². The Morgan fingerprint density at radius 3 is 3.00 bits per heavy atom. The van der Waals surface area contributed by atoms with Crippen LogP contribution >= 0.6 is 0 Å². The van der Waals surface area contributed by atoms with Gasteiger partial charge < -0.3 is 10.0 Å². The molecule has 1 aromatic rings. The van der Waals surface area contributed by atoms with Crippen molar-refractivity contribution in [2.45, 2.75) is 25.8 Å². The van der Waals surface area contributed by atoms with Gasteiger partial charge in [-0.1, -0.05) is 13.0 Å². The van der Waals surface area contributed by atoms with Crippen molar-refractivity contribution >= 4 is 5.91 Å². The van der Waals surface area contributed by atoms with Gasteiger partial charge >= 0.3 is 0 Å². The molecule has 1 aliphatic rings. The Morgan fingerprint density at radius 1 is 1.53 bits per heavy atom. The summed E-state index contributed by atoms with van der Waals surface area (Å²) >= 11 is 0. The van der Waals surface area contributed by atoms with Gasteiger partial charge in [-0.2, -0.15) is 0 Å². The van der Waals surface area contributed by atoms with Gasteiger partial charge in [-0.3, -0.25) is 9.69 Å². The maximum Gasteiger partial charge on any atom is 0.253 e. The Bertz CT molecular complexity index is 448. The van der Waals surface area contributed by atoms with Crippen molar-refractivity contribution in [1.29, 1.82) is 0 Å². The van der Waals surface area contributed by atoms with Crippen LogP contribution in [0.3, 0.4) is 0 Å².